The molecule has 0 fully saturated rings. The van der Waals surface area contributed by atoms with Gasteiger partial charge in [-0.25, -0.2) is 4.79 Å². The lowest BCUT2D eigenvalue weighted by molar-refractivity contribution is -0.112. The smallest absolute Gasteiger partial charge is 0.345 e. The number of furan rings is 1. The Morgan fingerprint density at radius 3 is 2.59 bits per heavy atom. The zero-order valence-electron chi connectivity index (χ0n) is 18.7. The van der Waals surface area contributed by atoms with E-state index in [4.69, 9.17) is 32.4 Å². The summed E-state index contributed by atoms with van der Waals surface area (Å²) in [7, 11) is 0. The van der Waals surface area contributed by atoms with Crippen molar-refractivity contribution in [2.24, 2.45) is 0 Å². The first-order chi connectivity index (χ1) is 16.2. The quantitative estimate of drug-likeness (QED) is 0.214. The number of halogens is 2. The third-order valence-electron chi connectivity index (χ3n) is 4.71. The summed E-state index contributed by atoms with van der Waals surface area (Å²) in [6, 6.07) is 14.1. The van der Waals surface area contributed by atoms with Gasteiger partial charge < -0.3 is 19.8 Å². The minimum Gasteiger partial charge on any atom is -0.462 e. The molecule has 0 radical (unpaired) electrons. The zero-order chi connectivity index (χ0) is 24.8. The number of carbonyl (C=O) groups is 2. The van der Waals surface area contributed by atoms with E-state index < -0.39 is 11.9 Å². The van der Waals surface area contributed by atoms with Crippen LogP contribution < -0.4 is 10.6 Å². The predicted octanol–water partition coefficient (Wildman–Crippen LogP) is 6.67. The molecule has 0 spiro atoms. The molecule has 0 saturated heterocycles. The van der Waals surface area contributed by atoms with Crippen LogP contribution >= 0.6 is 23.2 Å². The molecule has 0 aliphatic heterocycles. The number of benzene rings is 2. The van der Waals surface area contributed by atoms with Crippen LogP contribution in [-0.2, 0) is 9.53 Å². The van der Waals surface area contributed by atoms with E-state index in [0.717, 1.165) is 11.1 Å². The average molecular weight is 498 g/mol. The Kier molecular flexibility index (Phi) is 8.00. The highest BCUT2D eigenvalue weighted by atomic mass is 35.5. The molecule has 2 aromatic carbocycles. The number of ether oxygens (including phenoxy) is 1. The molecular weight excluding hydrogens is 477 g/mol. The van der Waals surface area contributed by atoms with Crippen molar-refractivity contribution in [3.8, 4) is 6.07 Å². The van der Waals surface area contributed by atoms with Crippen LogP contribution in [0.1, 0.15) is 34.2 Å². The van der Waals surface area contributed by atoms with Crippen LogP contribution in [0.2, 0.25) is 10.0 Å². The molecule has 0 atom stereocenters. The maximum absolute atomic E-state index is 12.7. The normalized spacial score (nSPS) is 11.0. The van der Waals surface area contributed by atoms with E-state index in [1.807, 2.05) is 32.0 Å². The Morgan fingerprint density at radius 1 is 1.18 bits per heavy atom. The van der Waals surface area contributed by atoms with Gasteiger partial charge in [0.05, 0.1) is 6.61 Å². The fourth-order valence-corrected chi connectivity index (χ4v) is 3.56. The lowest BCUT2D eigenvalue weighted by Crippen LogP contribution is -2.14. The van der Waals surface area contributed by atoms with E-state index in [2.05, 4.69) is 10.6 Å². The van der Waals surface area contributed by atoms with E-state index in [0.29, 0.717) is 16.4 Å². The molecule has 0 aliphatic rings. The Balaban J connectivity index is 1.98. The number of nitrogens with one attached hydrogen (secondary N) is 2. The first-order valence-electron chi connectivity index (χ1n) is 10.3. The van der Waals surface area contributed by atoms with Gasteiger partial charge >= 0.3 is 5.97 Å². The van der Waals surface area contributed by atoms with Crippen molar-refractivity contribution in [1.82, 2.24) is 0 Å². The minimum absolute atomic E-state index is 0.0101. The SMILES string of the molecule is CCOC(=O)c1c(Nc2cccc(Cl)c2)oc(/C=C(\C#N)C(=O)Nc2ccc(C)cc2C)c1Cl. The van der Waals surface area contributed by atoms with Crippen molar-refractivity contribution in [2.45, 2.75) is 20.8 Å². The zero-order valence-corrected chi connectivity index (χ0v) is 20.2. The Labute approximate surface area is 206 Å². The molecule has 9 heteroatoms. The van der Waals surface area contributed by atoms with E-state index in [9.17, 15) is 14.9 Å². The molecule has 0 bridgehead atoms. The number of nitriles is 1. The van der Waals surface area contributed by atoms with Gasteiger partial charge in [-0.05, 0) is 50.6 Å². The van der Waals surface area contributed by atoms with Crippen molar-refractivity contribution in [1.29, 1.82) is 5.26 Å². The topological polar surface area (TPSA) is 104 Å². The number of nitrogens with zero attached hydrogens (tertiary/aromatic N) is 1. The summed E-state index contributed by atoms with van der Waals surface area (Å²) in [5.74, 6) is -1.44. The monoisotopic (exact) mass is 497 g/mol. The molecule has 1 amide bonds. The van der Waals surface area contributed by atoms with Crippen molar-refractivity contribution in [3.05, 3.63) is 80.5 Å². The summed E-state index contributed by atoms with van der Waals surface area (Å²) >= 11 is 12.4. The molecule has 1 heterocycles. The minimum atomic E-state index is -0.723. The molecule has 0 saturated carbocycles. The van der Waals surface area contributed by atoms with Crippen LogP contribution in [0.4, 0.5) is 17.3 Å². The van der Waals surface area contributed by atoms with Gasteiger partial charge in [-0.2, -0.15) is 5.26 Å². The number of anilines is 3. The Bertz CT molecular complexity index is 1320. The number of rotatable bonds is 7. The van der Waals surface area contributed by atoms with E-state index >= 15 is 0 Å². The Morgan fingerprint density at radius 2 is 1.94 bits per heavy atom. The third-order valence-corrected chi connectivity index (χ3v) is 5.32. The van der Waals surface area contributed by atoms with Gasteiger partial charge in [0.1, 0.15) is 22.2 Å². The molecule has 0 aliphatic carbocycles. The fraction of sp³-hybridized carbons (Fsp3) is 0.160. The average Bonchev–Trinajstić information content (AvgIpc) is 3.08. The summed E-state index contributed by atoms with van der Waals surface area (Å²) < 4.78 is 10.8. The summed E-state index contributed by atoms with van der Waals surface area (Å²) in [6.45, 7) is 5.56. The van der Waals surface area contributed by atoms with E-state index in [1.165, 1.54) is 6.08 Å². The highest BCUT2D eigenvalue weighted by Crippen LogP contribution is 2.36. The van der Waals surface area contributed by atoms with Crippen LogP contribution in [0.3, 0.4) is 0 Å². The second-order valence-electron chi connectivity index (χ2n) is 7.28. The molecule has 3 rings (SSSR count). The molecule has 174 valence electrons. The van der Waals surface area contributed by atoms with Gasteiger partial charge in [-0.15, -0.1) is 0 Å². The lowest BCUT2D eigenvalue weighted by atomic mass is 10.1. The van der Waals surface area contributed by atoms with E-state index in [1.54, 1.807) is 37.3 Å². The maximum Gasteiger partial charge on any atom is 0.345 e. The van der Waals surface area contributed by atoms with Crippen LogP contribution in [0.25, 0.3) is 6.08 Å². The second-order valence-corrected chi connectivity index (χ2v) is 8.10. The van der Waals surface area contributed by atoms with Crippen LogP contribution in [0, 0.1) is 25.2 Å². The first kappa shape index (κ1) is 24.9. The molecule has 3 aromatic rings. The molecule has 0 unspecified atom stereocenters. The maximum atomic E-state index is 12.7. The number of carbonyl (C=O) groups excluding carboxylic acids is 2. The van der Waals surface area contributed by atoms with Crippen molar-refractivity contribution < 1.29 is 18.7 Å². The molecule has 7 nitrogen and oxygen atoms in total. The largest absolute Gasteiger partial charge is 0.462 e. The number of aryl methyl sites for hydroxylation is 2. The first-order valence-corrected chi connectivity index (χ1v) is 11.0. The third kappa shape index (κ3) is 5.79. The highest BCUT2D eigenvalue weighted by Gasteiger charge is 2.26. The number of hydrogen-bond donors (Lipinski definition) is 2. The van der Waals surface area contributed by atoms with Gasteiger partial charge in [0.2, 0.25) is 5.88 Å². The van der Waals surface area contributed by atoms with Gasteiger partial charge in [-0.3, -0.25) is 4.79 Å². The lowest BCUT2D eigenvalue weighted by Gasteiger charge is -2.08. The predicted molar refractivity (Wildman–Crippen MR) is 133 cm³/mol. The summed E-state index contributed by atoms with van der Waals surface area (Å²) in [6.07, 6.45) is 1.17. The number of hydrogen-bond acceptors (Lipinski definition) is 6. The molecule has 34 heavy (non-hydrogen) atoms. The molecule has 1 aromatic heterocycles. The molecular formula is C25H21Cl2N3O4. The highest BCUT2D eigenvalue weighted by molar-refractivity contribution is 6.36. The fourth-order valence-electron chi connectivity index (χ4n) is 3.12. The van der Waals surface area contributed by atoms with Gasteiger partial charge in [-0.1, -0.05) is 47.0 Å². The van der Waals surface area contributed by atoms with Gasteiger partial charge in [0.15, 0.2) is 5.76 Å². The second kappa shape index (κ2) is 10.9. The summed E-state index contributed by atoms with van der Waals surface area (Å²) in [5, 5.41) is 15.6. The van der Waals surface area contributed by atoms with Crippen LogP contribution in [0.5, 0.6) is 0 Å². The number of esters is 1. The van der Waals surface area contributed by atoms with Gasteiger partial charge in [0, 0.05) is 22.5 Å². The van der Waals surface area contributed by atoms with Crippen LogP contribution in [0.15, 0.2) is 52.5 Å². The summed E-state index contributed by atoms with van der Waals surface area (Å²) in [4.78, 5) is 25.3. The number of amides is 1. The standard InChI is InChI=1S/C25H21Cl2N3O4/c1-4-33-25(32)21-22(27)20(34-24(21)29-18-7-5-6-17(26)12-18)11-16(13-28)23(31)30-19-9-8-14(2)10-15(19)3/h5-12,29H,4H2,1-3H3,(H,30,31)/b16-11+. The Hall–Kier alpha value is -3.73. The van der Waals surface area contributed by atoms with Crippen molar-refractivity contribution in [2.75, 3.05) is 17.2 Å². The van der Waals surface area contributed by atoms with Crippen LogP contribution in [-0.4, -0.2) is 18.5 Å². The van der Waals surface area contributed by atoms with Crippen molar-refractivity contribution in [3.63, 3.8) is 0 Å². The van der Waals surface area contributed by atoms with E-state index in [-0.39, 0.29) is 34.4 Å². The summed E-state index contributed by atoms with van der Waals surface area (Å²) in [5.41, 5.74) is 2.66. The van der Waals surface area contributed by atoms with Gasteiger partial charge in [0.25, 0.3) is 5.91 Å². The molecule has 2 N–H and O–H groups in total. The van der Waals surface area contributed by atoms with Crippen molar-refractivity contribution >= 4 is 58.4 Å².